The van der Waals surface area contributed by atoms with Crippen LogP contribution in [0.2, 0.25) is 0 Å². The van der Waals surface area contributed by atoms with E-state index in [2.05, 4.69) is 9.84 Å². The van der Waals surface area contributed by atoms with Gasteiger partial charge in [0.25, 0.3) is 5.88 Å². The quantitative estimate of drug-likeness (QED) is 0.649. The van der Waals surface area contributed by atoms with E-state index in [0.717, 1.165) is 5.10 Å². The molecule has 0 aromatic carbocycles. The fraction of sp³-hybridized carbons (Fsp3) is 0.429. The van der Waals surface area contributed by atoms with Crippen LogP contribution in [-0.4, -0.2) is 27.6 Å². The molecule has 0 spiro atoms. The highest BCUT2D eigenvalue weighted by Gasteiger charge is 2.63. The maximum Gasteiger partial charge on any atom is 0.512 e. The van der Waals surface area contributed by atoms with Crippen molar-refractivity contribution in [3.63, 3.8) is 0 Å². The lowest BCUT2D eigenvalue weighted by Gasteiger charge is -2.20. The molecular weight excluding hydrogens is 312 g/mol. The maximum atomic E-state index is 12.9. The van der Waals surface area contributed by atoms with E-state index in [1.807, 2.05) is 0 Å². The Morgan fingerprint density at radius 3 is 1.95 bits per heavy atom. The second kappa shape index (κ2) is 4.49. The monoisotopic (exact) mass is 314 g/mol. The lowest BCUT2D eigenvalue weighted by Crippen LogP contribution is -2.36. The van der Waals surface area contributed by atoms with Crippen molar-refractivity contribution in [3.05, 3.63) is 11.3 Å². The number of hydrogen-bond acceptors (Lipinski definition) is 3. The van der Waals surface area contributed by atoms with E-state index in [1.54, 1.807) is 0 Å². The highest BCUT2D eigenvalue weighted by molar-refractivity contribution is 5.61. The third kappa shape index (κ3) is 2.75. The average molecular weight is 314 g/mol. The molecule has 0 aliphatic carbocycles. The topological polar surface area (TPSA) is 75.2 Å². The zero-order chi connectivity index (χ0) is 15.9. The van der Waals surface area contributed by atoms with Crippen molar-refractivity contribution in [2.45, 2.75) is 18.3 Å². The normalized spacial score (nSPS) is 13.4. The third-order valence-corrected chi connectivity index (χ3v) is 1.87. The lowest BCUT2D eigenvalue weighted by molar-refractivity contribution is -0.292. The summed E-state index contributed by atoms with van der Waals surface area (Å²) in [7, 11) is 0. The molecule has 0 fully saturated rings. The van der Waals surface area contributed by atoms with E-state index in [4.69, 9.17) is 5.11 Å². The maximum absolute atomic E-state index is 12.9. The third-order valence-electron chi connectivity index (χ3n) is 1.87. The minimum Gasteiger partial charge on any atom is -0.449 e. The molecule has 0 radical (unpaired) electrons. The predicted molar refractivity (Wildman–Crippen MR) is 42.2 cm³/mol. The Morgan fingerprint density at radius 2 is 1.60 bits per heavy atom. The van der Waals surface area contributed by atoms with Gasteiger partial charge in [-0.25, -0.2) is 4.79 Å². The van der Waals surface area contributed by atoms with E-state index < -0.39 is 41.6 Å². The van der Waals surface area contributed by atoms with Crippen LogP contribution in [0.4, 0.5) is 39.9 Å². The van der Waals surface area contributed by atoms with Crippen LogP contribution >= 0.6 is 0 Å². The summed E-state index contributed by atoms with van der Waals surface area (Å²) in [5.41, 5.74) is -5.31. The van der Waals surface area contributed by atoms with Gasteiger partial charge in [-0.3, -0.25) is 5.10 Å². The van der Waals surface area contributed by atoms with Crippen molar-refractivity contribution >= 4 is 6.16 Å². The standard InChI is InChI=1S/C7H2F8N2O3/c8-5(9,7(13,14)15)2-1(6(10,11)12)3(17-16-2)20-4(18)19/h(H,16,17)(H,18,19). The number of carbonyl (C=O) groups is 1. The zero-order valence-corrected chi connectivity index (χ0v) is 8.73. The van der Waals surface area contributed by atoms with Crippen molar-refractivity contribution in [1.29, 1.82) is 0 Å². The highest BCUT2D eigenvalue weighted by atomic mass is 19.4. The summed E-state index contributed by atoms with van der Waals surface area (Å²) >= 11 is 0. The van der Waals surface area contributed by atoms with E-state index in [1.165, 1.54) is 0 Å². The number of alkyl halides is 8. The van der Waals surface area contributed by atoms with Gasteiger partial charge in [0.1, 0.15) is 11.3 Å². The minimum absolute atomic E-state index is 0.805. The molecule has 13 heteroatoms. The summed E-state index contributed by atoms with van der Waals surface area (Å²) in [6.45, 7) is 0. The number of aromatic amines is 1. The van der Waals surface area contributed by atoms with Crippen LogP contribution in [-0.2, 0) is 12.1 Å². The van der Waals surface area contributed by atoms with Crippen LogP contribution in [0.15, 0.2) is 0 Å². The fourth-order valence-corrected chi connectivity index (χ4v) is 1.11. The van der Waals surface area contributed by atoms with E-state index in [-0.39, 0.29) is 0 Å². The Labute approximate surface area is 103 Å². The van der Waals surface area contributed by atoms with Gasteiger partial charge in [0.15, 0.2) is 0 Å². The van der Waals surface area contributed by atoms with Gasteiger partial charge in [0.2, 0.25) is 0 Å². The Hall–Kier alpha value is -2.08. The first kappa shape index (κ1) is 16.0. The van der Waals surface area contributed by atoms with Gasteiger partial charge in [-0.15, -0.1) is 5.10 Å². The van der Waals surface area contributed by atoms with E-state index in [9.17, 15) is 39.9 Å². The molecule has 1 aromatic rings. The van der Waals surface area contributed by atoms with Gasteiger partial charge < -0.3 is 9.84 Å². The summed E-state index contributed by atoms with van der Waals surface area (Å²) in [6, 6.07) is 0. The second-order valence-corrected chi connectivity index (χ2v) is 3.22. The highest BCUT2D eigenvalue weighted by Crippen LogP contribution is 2.49. The van der Waals surface area contributed by atoms with Crippen LogP contribution < -0.4 is 4.74 Å². The molecule has 20 heavy (non-hydrogen) atoms. The lowest BCUT2D eigenvalue weighted by atomic mass is 10.1. The number of aromatic nitrogens is 2. The average Bonchev–Trinajstić information content (AvgIpc) is 2.58. The molecule has 0 atom stereocenters. The molecule has 0 amide bonds. The van der Waals surface area contributed by atoms with Crippen molar-refractivity contribution < 1.29 is 49.8 Å². The smallest absolute Gasteiger partial charge is 0.449 e. The number of ether oxygens (including phenoxy) is 1. The summed E-state index contributed by atoms with van der Waals surface area (Å²) in [4.78, 5) is 10.1. The summed E-state index contributed by atoms with van der Waals surface area (Å²) < 4.78 is 103. The predicted octanol–water partition coefficient (Wildman–Crippen LogP) is 3.14. The molecule has 5 nitrogen and oxygen atoms in total. The summed E-state index contributed by atoms with van der Waals surface area (Å²) in [5.74, 6) is -7.88. The first-order valence-electron chi connectivity index (χ1n) is 4.30. The number of halogens is 8. The number of rotatable bonds is 2. The first-order valence-corrected chi connectivity index (χ1v) is 4.30. The van der Waals surface area contributed by atoms with Crippen molar-refractivity contribution in [1.82, 2.24) is 10.2 Å². The zero-order valence-electron chi connectivity index (χ0n) is 8.73. The summed E-state index contributed by atoms with van der Waals surface area (Å²) in [5, 5.41) is 11.3. The van der Waals surface area contributed by atoms with Crippen LogP contribution in [0, 0.1) is 0 Å². The fourth-order valence-electron chi connectivity index (χ4n) is 1.11. The Kier molecular flexibility index (Phi) is 3.58. The first-order chi connectivity index (χ1) is 8.78. The Bertz CT molecular complexity index is 517. The van der Waals surface area contributed by atoms with Crippen molar-refractivity contribution in [2.75, 3.05) is 0 Å². The van der Waals surface area contributed by atoms with Crippen LogP contribution in [0.3, 0.4) is 0 Å². The van der Waals surface area contributed by atoms with Crippen LogP contribution in [0.25, 0.3) is 0 Å². The molecule has 0 saturated heterocycles. The van der Waals surface area contributed by atoms with Gasteiger partial charge in [-0.05, 0) is 0 Å². The minimum atomic E-state index is -6.35. The number of H-pyrrole nitrogens is 1. The van der Waals surface area contributed by atoms with E-state index >= 15 is 0 Å². The molecular formula is C7H2F8N2O3. The van der Waals surface area contributed by atoms with Crippen molar-refractivity contribution in [2.24, 2.45) is 0 Å². The van der Waals surface area contributed by atoms with Gasteiger partial charge >= 0.3 is 24.4 Å². The molecule has 1 aromatic heterocycles. The molecule has 0 unspecified atom stereocenters. The molecule has 0 aliphatic rings. The molecule has 0 saturated carbocycles. The Morgan fingerprint density at radius 1 is 1.10 bits per heavy atom. The van der Waals surface area contributed by atoms with Crippen LogP contribution in [0.5, 0.6) is 5.88 Å². The van der Waals surface area contributed by atoms with Gasteiger partial charge in [0.05, 0.1) is 0 Å². The molecule has 1 rings (SSSR count). The van der Waals surface area contributed by atoms with E-state index in [0.29, 0.717) is 0 Å². The summed E-state index contributed by atoms with van der Waals surface area (Å²) in [6.07, 6.45) is -14.5. The molecule has 1 heterocycles. The number of nitrogens with zero attached hydrogens (tertiary/aromatic N) is 1. The molecule has 2 N–H and O–H groups in total. The Balaban J connectivity index is 3.50. The number of carboxylic acid groups (broad SMARTS) is 1. The largest absolute Gasteiger partial charge is 0.512 e. The molecule has 0 bridgehead atoms. The van der Waals surface area contributed by atoms with Gasteiger partial charge in [0, 0.05) is 0 Å². The number of nitrogens with one attached hydrogen (secondary N) is 1. The van der Waals surface area contributed by atoms with Gasteiger partial charge in [-0.1, -0.05) is 0 Å². The number of hydrogen-bond donors (Lipinski definition) is 2. The SMILES string of the molecule is O=C(O)Oc1n[nH]c(C(F)(F)C(F)(F)F)c1C(F)(F)F. The second-order valence-electron chi connectivity index (χ2n) is 3.22. The molecule has 0 aliphatic heterocycles. The van der Waals surface area contributed by atoms with Crippen molar-refractivity contribution in [3.8, 4) is 5.88 Å². The molecule has 114 valence electrons. The van der Waals surface area contributed by atoms with Crippen LogP contribution in [0.1, 0.15) is 11.3 Å². The van der Waals surface area contributed by atoms with Gasteiger partial charge in [-0.2, -0.15) is 35.1 Å².